The van der Waals surface area contributed by atoms with Crippen molar-refractivity contribution in [1.82, 2.24) is 5.32 Å². The molecule has 1 aromatic carbocycles. The molecule has 0 aliphatic carbocycles. The van der Waals surface area contributed by atoms with Crippen molar-refractivity contribution in [2.75, 3.05) is 6.54 Å². The standard InChI is InChI=1S/C11H16N/c1-2-3-7-10-12-11-8-5-4-6-9-11/h4-6,8-9H,2-3,7,10H2,1H3. The third kappa shape index (κ3) is 3.42. The Kier molecular flexibility index (Phi) is 4.28. The fraction of sp³-hybridized carbons (Fsp3) is 0.455. The lowest BCUT2D eigenvalue weighted by molar-refractivity contribution is 0.681. The van der Waals surface area contributed by atoms with Gasteiger partial charge < -0.3 is 0 Å². The topological polar surface area (TPSA) is 14.1 Å². The summed E-state index contributed by atoms with van der Waals surface area (Å²) in [6.45, 7) is 3.18. The Bertz CT molecular complexity index is 193. The summed E-state index contributed by atoms with van der Waals surface area (Å²) in [5, 5.41) is 4.44. The van der Waals surface area contributed by atoms with Crippen LogP contribution in [-0.4, -0.2) is 6.54 Å². The summed E-state index contributed by atoms with van der Waals surface area (Å²) in [5.41, 5.74) is 1.11. The van der Waals surface area contributed by atoms with Gasteiger partial charge in [0.25, 0.3) is 0 Å². The lowest BCUT2D eigenvalue weighted by Gasteiger charge is -2.00. The molecule has 0 saturated heterocycles. The van der Waals surface area contributed by atoms with E-state index in [4.69, 9.17) is 0 Å². The van der Waals surface area contributed by atoms with Crippen molar-refractivity contribution in [2.24, 2.45) is 0 Å². The Labute approximate surface area is 74.8 Å². The molecule has 1 radical (unpaired) electrons. The van der Waals surface area contributed by atoms with E-state index >= 15 is 0 Å². The molecule has 0 aliphatic heterocycles. The van der Waals surface area contributed by atoms with E-state index in [9.17, 15) is 0 Å². The van der Waals surface area contributed by atoms with Crippen molar-refractivity contribution in [1.29, 1.82) is 0 Å². The Morgan fingerprint density at radius 3 is 2.50 bits per heavy atom. The molecule has 0 unspecified atom stereocenters. The molecule has 1 aromatic rings. The van der Waals surface area contributed by atoms with Gasteiger partial charge in [-0.1, -0.05) is 38.0 Å². The van der Waals surface area contributed by atoms with Crippen LogP contribution in [0.15, 0.2) is 30.3 Å². The molecule has 0 atom stereocenters. The second-order valence-electron chi connectivity index (χ2n) is 2.92. The summed E-state index contributed by atoms with van der Waals surface area (Å²) in [6, 6.07) is 10.2. The maximum absolute atomic E-state index is 4.44. The number of unbranched alkanes of at least 4 members (excludes halogenated alkanes) is 2. The van der Waals surface area contributed by atoms with E-state index in [0.717, 1.165) is 12.2 Å². The minimum absolute atomic E-state index is 0.970. The number of para-hydroxylation sites is 1. The van der Waals surface area contributed by atoms with E-state index in [1.165, 1.54) is 19.3 Å². The first-order chi connectivity index (χ1) is 5.93. The summed E-state index contributed by atoms with van der Waals surface area (Å²) in [5.74, 6) is 0. The fourth-order valence-corrected chi connectivity index (χ4v) is 1.10. The Hall–Kier alpha value is -0.980. The number of rotatable bonds is 5. The SMILES string of the molecule is CCCCC[N]c1ccccc1. The van der Waals surface area contributed by atoms with Crippen molar-refractivity contribution in [2.45, 2.75) is 26.2 Å². The Morgan fingerprint density at radius 2 is 1.83 bits per heavy atom. The molecule has 0 spiro atoms. The van der Waals surface area contributed by atoms with E-state index in [1.807, 2.05) is 30.3 Å². The van der Waals surface area contributed by atoms with Crippen molar-refractivity contribution in [3.8, 4) is 0 Å². The highest BCUT2D eigenvalue weighted by atomic mass is 14.9. The van der Waals surface area contributed by atoms with Crippen molar-refractivity contribution >= 4 is 5.69 Å². The van der Waals surface area contributed by atoms with Gasteiger partial charge in [0.1, 0.15) is 0 Å². The molecule has 0 fully saturated rings. The van der Waals surface area contributed by atoms with Gasteiger partial charge in [-0.05, 0) is 18.6 Å². The second kappa shape index (κ2) is 5.64. The first-order valence-electron chi connectivity index (χ1n) is 4.66. The van der Waals surface area contributed by atoms with Crippen LogP contribution in [0.2, 0.25) is 0 Å². The van der Waals surface area contributed by atoms with Crippen molar-refractivity contribution < 1.29 is 0 Å². The molecular formula is C11H16N. The summed E-state index contributed by atoms with van der Waals surface area (Å²) < 4.78 is 0. The van der Waals surface area contributed by atoms with Crippen molar-refractivity contribution in [3.05, 3.63) is 30.3 Å². The smallest absolute Gasteiger partial charge is 0.0574 e. The van der Waals surface area contributed by atoms with Gasteiger partial charge in [0.2, 0.25) is 0 Å². The monoisotopic (exact) mass is 162 g/mol. The van der Waals surface area contributed by atoms with Gasteiger partial charge in [0.05, 0.1) is 5.69 Å². The Balaban J connectivity index is 2.16. The minimum atomic E-state index is 0.970. The van der Waals surface area contributed by atoms with E-state index in [1.54, 1.807) is 0 Å². The van der Waals surface area contributed by atoms with E-state index < -0.39 is 0 Å². The maximum Gasteiger partial charge on any atom is 0.0574 e. The summed E-state index contributed by atoms with van der Waals surface area (Å²) in [7, 11) is 0. The van der Waals surface area contributed by atoms with Crippen molar-refractivity contribution in [3.63, 3.8) is 0 Å². The van der Waals surface area contributed by atoms with E-state index in [0.29, 0.717) is 0 Å². The first-order valence-corrected chi connectivity index (χ1v) is 4.66. The summed E-state index contributed by atoms with van der Waals surface area (Å²) in [4.78, 5) is 0. The zero-order valence-electron chi connectivity index (χ0n) is 7.66. The van der Waals surface area contributed by atoms with Crippen LogP contribution < -0.4 is 5.32 Å². The summed E-state index contributed by atoms with van der Waals surface area (Å²) in [6.07, 6.45) is 3.77. The number of nitrogens with zero attached hydrogens (tertiary/aromatic N) is 1. The van der Waals surface area contributed by atoms with Gasteiger partial charge in [-0.25, -0.2) is 0 Å². The van der Waals surface area contributed by atoms with Crippen LogP contribution in [0.4, 0.5) is 5.69 Å². The molecule has 0 amide bonds. The number of benzene rings is 1. The van der Waals surface area contributed by atoms with Crippen LogP contribution in [0.5, 0.6) is 0 Å². The maximum atomic E-state index is 4.44. The lowest BCUT2D eigenvalue weighted by atomic mass is 10.2. The largest absolute Gasteiger partial charge is 0.285 e. The van der Waals surface area contributed by atoms with Gasteiger partial charge in [-0.15, -0.1) is 0 Å². The van der Waals surface area contributed by atoms with Gasteiger partial charge in [-0.3, -0.25) is 5.32 Å². The molecule has 1 rings (SSSR count). The van der Waals surface area contributed by atoms with Crippen LogP contribution in [-0.2, 0) is 0 Å². The Morgan fingerprint density at radius 1 is 1.08 bits per heavy atom. The molecule has 1 heteroatoms. The second-order valence-corrected chi connectivity index (χ2v) is 2.92. The highest BCUT2D eigenvalue weighted by Gasteiger charge is 1.90. The molecule has 0 saturated carbocycles. The van der Waals surface area contributed by atoms with Crippen LogP contribution in [0.3, 0.4) is 0 Å². The zero-order valence-corrected chi connectivity index (χ0v) is 7.66. The van der Waals surface area contributed by atoms with Crippen LogP contribution in [0, 0.1) is 0 Å². The van der Waals surface area contributed by atoms with E-state index in [2.05, 4.69) is 12.2 Å². The molecule has 0 aromatic heterocycles. The average molecular weight is 162 g/mol. The van der Waals surface area contributed by atoms with Gasteiger partial charge in [0, 0.05) is 6.54 Å². The highest BCUT2D eigenvalue weighted by molar-refractivity contribution is 5.34. The quantitative estimate of drug-likeness (QED) is 0.591. The summed E-state index contributed by atoms with van der Waals surface area (Å²) >= 11 is 0. The lowest BCUT2D eigenvalue weighted by Crippen LogP contribution is -1.98. The predicted molar refractivity (Wildman–Crippen MR) is 52.6 cm³/mol. The third-order valence-electron chi connectivity index (χ3n) is 1.81. The first kappa shape index (κ1) is 9.11. The molecule has 0 aliphatic rings. The molecule has 0 N–H and O–H groups in total. The zero-order chi connectivity index (χ0) is 8.65. The van der Waals surface area contributed by atoms with Crippen LogP contribution in [0.25, 0.3) is 0 Å². The molecule has 12 heavy (non-hydrogen) atoms. The average Bonchev–Trinajstić information content (AvgIpc) is 2.14. The van der Waals surface area contributed by atoms with Crippen LogP contribution in [0.1, 0.15) is 26.2 Å². The van der Waals surface area contributed by atoms with E-state index in [-0.39, 0.29) is 0 Å². The minimum Gasteiger partial charge on any atom is -0.285 e. The number of hydrogen-bond acceptors (Lipinski definition) is 0. The normalized spacial score (nSPS) is 9.75. The molecule has 65 valence electrons. The van der Waals surface area contributed by atoms with Gasteiger partial charge >= 0.3 is 0 Å². The van der Waals surface area contributed by atoms with Crippen LogP contribution >= 0.6 is 0 Å². The third-order valence-corrected chi connectivity index (χ3v) is 1.81. The predicted octanol–water partition coefficient (Wildman–Crippen LogP) is 3.11. The molecule has 0 heterocycles. The number of hydrogen-bond donors (Lipinski definition) is 0. The molecular weight excluding hydrogens is 146 g/mol. The van der Waals surface area contributed by atoms with Gasteiger partial charge in [-0.2, -0.15) is 0 Å². The molecule has 0 bridgehead atoms. The molecule has 1 nitrogen and oxygen atoms in total. The van der Waals surface area contributed by atoms with Gasteiger partial charge in [0.15, 0.2) is 0 Å². The highest BCUT2D eigenvalue weighted by Crippen LogP contribution is 2.05. The fourth-order valence-electron chi connectivity index (χ4n) is 1.10.